The Morgan fingerprint density at radius 1 is 1.50 bits per heavy atom. The van der Waals surface area contributed by atoms with Crippen LogP contribution in [0.15, 0.2) is 33.7 Å². The topological polar surface area (TPSA) is 88.0 Å². The number of aromatic nitrogens is 2. The van der Waals surface area contributed by atoms with Gasteiger partial charge >= 0.3 is 0 Å². The van der Waals surface area contributed by atoms with Crippen molar-refractivity contribution in [3.8, 4) is 0 Å². The van der Waals surface area contributed by atoms with Gasteiger partial charge in [-0.3, -0.25) is 9.59 Å². The van der Waals surface area contributed by atoms with Crippen molar-refractivity contribution in [2.75, 3.05) is 0 Å². The summed E-state index contributed by atoms with van der Waals surface area (Å²) in [7, 11) is 0. The van der Waals surface area contributed by atoms with E-state index in [9.17, 15) is 9.59 Å². The highest BCUT2D eigenvalue weighted by Crippen LogP contribution is 2.12. The highest BCUT2D eigenvalue weighted by atomic mass is 16.4. The van der Waals surface area contributed by atoms with E-state index in [0.29, 0.717) is 17.2 Å². The van der Waals surface area contributed by atoms with Gasteiger partial charge in [0.1, 0.15) is 11.8 Å². The predicted octanol–water partition coefficient (Wildman–Crippen LogP) is 1.16. The van der Waals surface area contributed by atoms with Crippen LogP contribution in [-0.2, 0) is 0 Å². The molecule has 1 unspecified atom stereocenters. The Morgan fingerprint density at radius 2 is 2.28 bits per heavy atom. The number of aromatic amines is 1. The van der Waals surface area contributed by atoms with Gasteiger partial charge in [-0.25, -0.2) is 4.98 Å². The van der Waals surface area contributed by atoms with Crippen molar-refractivity contribution in [3.63, 3.8) is 0 Å². The smallest absolute Gasteiger partial charge is 0.253 e. The van der Waals surface area contributed by atoms with Crippen LogP contribution < -0.4 is 10.9 Å². The van der Waals surface area contributed by atoms with Crippen molar-refractivity contribution in [3.05, 3.63) is 52.1 Å². The minimum Gasteiger partial charge on any atom is -0.444 e. The monoisotopic (exact) mass is 247 g/mol. The molecule has 0 aromatic carbocycles. The maximum Gasteiger partial charge on any atom is 0.253 e. The van der Waals surface area contributed by atoms with E-state index in [4.69, 9.17) is 4.42 Å². The van der Waals surface area contributed by atoms with E-state index in [2.05, 4.69) is 15.3 Å². The summed E-state index contributed by atoms with van der Waals surface area (Å²) < 4.78 is 5.32. The van der Waals surface area contributed by atoms with Gasteiger partial charge in [0.15, 0.2) is 0 Å². The molecule has 94 valence electrons. The van der Waals surface area contributed by atoms with E-state index < -0.39 is 0 Å². The van der Waals surface area contributed by atoms with E-state index in [-0.39, 0.29) is 17.5 Å². The summed E-state index contributed by atoms with van der Waals surface area (Å²) in [6.45, 7) is 3.56. The molecule has 0 aliphatic heterocycles. The molecule has 2 aromatic heterocycles. The van der Waals surface area contributed by atoms with Gasteiger partial charge in [0.25, 0.3) is 5.91 Å². The van der Waals surface area contributed by atoms with Gasteiger partial charge in [-0.1, -0.05) is 0 Å². The van der Waals surface area contributed by atoms with Gasteiger partial charge in [-0.15, -0.1) is 0 Å². The van der Waals surface area contributed by atoms with Crippen LogP contribution in [0.5, 0.6) is 0 Å². The molecule has 6 nitrogen and oxygen atoms in total. The average Bonchev–Trinajstić information content (AvgIpc) is 2.76. The summed E-state index contributed by atoms with van der Waals surface area (Å²) in [6, 6.07) is 2.43. The molecule has 0 fully saturated rings. The quantitative estimate of drug-likeness (QED) is 0.851. The van der Waals surface area contributed by atoms with Crippen LogP contribution in [-0.4, -0.2) is 15.9 Å². The Morgan fingerprint density at radius 3 is 2.83 bits per heavy atom. The zero-order valence-corrected chi connectivity index (χ0v) is 10.1. The molecule has 2 aromatic rings. The Hall–Kier alpha value is -2.37. The van der Waals surface area contributed by atoms with Crippen molar-refractivity contribution >= 4 is 5.91 Å². The summed E-state index contributed by atoms with van der Waals surface area (Å²) in [5, 5.41) is 2.73. The molecule has 0 aliphatic carbocycles. The van der Waals surface area contributed by atoms with Crippen molar-refractivity contribution in [2.45, 2.75) is 19.9 Å². The second-order valence-corrected chi connectivity index (χ2v) is 3.95. The Labute approximate surface area is 103 Å². The fraction of sp³-hybridized carbons (Fsp3) is 0.250. The zero-order chi connectivity index (χ0) is 13.1. The van der Waals surface area contributed by atoms with Crippen molar-refractivity contribution in [2.24, 2.45) is 0 Å². The molecular weight excluding hydrogens is 234 g/mol. The first kappa shape index (κ1) is 12.1. The first-order valence-electron chi connectivity index (χ1n) is 5.48. The first-order valence-corrected chi connectivity index (χ1v) is 5.48. The van der Waals surface area contributed by atoms with E-state index in [0.717, 1.165) is 0 Å². The molecule has 0 aliphatic rings. The van der Waals surface area contributed by atoms with Crippen molar-refractivity contribution in [1.29, 1.82) is 0 Å². The first-order chi connectivity index (χ1) is 8.56. The van der Waals surface area contributed by atoms with Crippen molar-refractivity contribution in [1.82, 2.24) is 15.3 Å². The number of aryl methyl sites for hydroxylation is 1. The van der Waals surface area contributed by atoms with Crippen LogP contribution >= 0.6 is 0 Å². The average molecular weight is 247 g/mol. The van der Waals surface area contributed by atoms with E-state index >= 15 is 0 Å². The lowest BCUT2D eigenvalue weighted by Crippen LogP contribution is -2.27. The molecule has 0 radical (unpaired) electrons. The number of nitrogens with zero attached hydrogens (tertiary/aromatic N) is 1. The number of pyridine rings is 1. The highest BCUT2D eigenvalue weighted by Gasteiger charge is 2.15. The number of hydrogen-bond acceptors (Lipinski definition) is 4. The molecule has 18 heavy (non-hydrogen) atoms. The lowest BCUT2D eigenvalue weighted by atomic mass is 10.2. The van der Waals surface area contributed by atoms with Crippen molar-refractivity contribution < 1.29 is 9.21 Å². The van der Waals surface area contributed by atoms with Gasteiger partial charge in [-0.2, -0.15) is 0 Å². The van der Waals surface area contributed by atoms with Gasteiger partial charge < -0.3 is 14.7 Å². The van der Waals surface area contributed by atoms with E-state index in [1.165, 1.54) is 18.3 Å². The van der Waals surface area contributed by atoms with Gasteiger partial charge in [0.2, 0.25) is 11.4 Å². The summed E-state index contributed by atoms with van der Waals surface area (Å²) in [5.74, 6) is 0.843. The van der Waals surface area contributed by atoms with Crippen LogP contribution in [0.1, 0.15) is 35.0 Å². The Bertz CT molecular complexity index is 595. The SMILES string of the molecule is Cc1cnc(C(C)NC(=O)c2ccc(=O)[nH]c2)o1. The number of oxazole rings is 1. The standard InChI is InChI=1S/C12H13N3O3/c1-7-5-14-12(18-7)8(2)15-11(17)9-3-4-10(16)13-6-9/h3-6,8H,1-2H3,(H,13,16)(H,15,17). The van der Waals surface area contributed by atoms with E-state index in [1.54, 1.807) is 20.0 Å². The van der Waals surface area contributed by atoms with Gasteiger partial charge in [-0.05, 0) is 19.9 Å². The number of carbonyl (C=O) groups is 1. The summed E-state index contributed by atoms with van der Waals surface area (Å²) in [6.07, 6.45) is 2.96. The Kier molecular flexibility index (Phi) is 3.27. The van der Waals surface area contributed by atoms with Crippen LogP contribution in [0.3, 0.4) is 0 Å². The van der Waals surface area contributed by atoms with Crippen LogP contribution in [0.4, 0.5) is 0 Å². The minimum atomic E-state index is -0.335. The second kappa shape index (κ2) is 4.87. The molecule has 2 N–H and O–H groups in total. The molecule has 1 atom stereocenters. The van der Waals surface area contributed by atoms with Gasteiger partial charge in [0, 0.05) is 12.3 Å². The molecule has 2 rings (SSSR count). The summed E-state index contributed by atoms with van der Waals surface area (Å²) in [4.78, 5) is 29.2. The maximum absolute atomic E-state index is 11.8. The predicted molar refractivity (Wildman–Crippen MR) is 64.2 cm³/mol. The number of carbonyl (C=O) groups excluding carboxylic acids is 1. The third-order valence-electron chi connectivity index (χ3n) is 2.40. The normalized spacial score (nSPS) is 12.1. The molecule has 0 spiro atoms. The molecule has 6 heteroatoms. The number of rotatable bonds is 3. The molecule has 2 heterocycles. The zero-order valence-electron chi connectivity index (χ0n) is 10.1. The summed E-state index contributed by atoms with van der Waals surface area (Å²) >= 11 is 0. The molecule has 0 bridgehead atoms. The third kappa shape index (κ3) is 2.65. The van der Waals surface area contributed by atoms with Crippen LogP contribution in [0.25, 0.3) is 0 Å². The largest absolute Gasteiger partial charge is 0.444 e. The molecular formula is C12H13N3O3. The maximum atomic E-state index is 11.8. The fourth-order valence-electron chi connectivity index (χ4n) is 1.47. The fourth-order valence-corrected chi connectivity index (χ4v) is 1.47. The number of hydrogen-bond donors (Lipinski definition) is 2. The lowest BCUT2D eigenvalue weighted by Gasteiger charge is -2.09. The van der Waals surface area contributed by atoms with E-state index in [1.807, 2.05) is 0 Å². The minimum absolute atomic E-state index is 0.247. The summed E-state index contributed by atoms with van der Waals surface area (Å²) in [5.41, 5.74) is 0.132. The molecule has 0 saturated carbocycles. The van der Waals surface area contributed by atoms with Crippen LogP contribution in [0.2, 0.25) is 0 Å². The lowest BCUT2D eigenvalue weighted by molar-refractivity contribution is 0.0933. The number of amides is 1. The second-order valence-electron chi connectivity index (χ2n) is 3.95. The van der Waals surface area contributed by atoms with Gasteiger partial charge in [0.05, 0.1) is 11.8 Å². The molecule has 0 saturated heterocycles. The third-order valence-corrected chi connectivity index (χ3v) is 2.40. The van der Waals surface area contributed by atoms with Crippen LogP contribution in [0, 0.1) is 6.92 Å². The molecule has 1 amide bonds. The number of H-pyrrole nitrogens is 1. The highest BCUT2D eigenvalue weighted by molar-refractivity contribution is 5.93. The number of nitrogens with one attached hydrogen (secondary N) is 2. The Balaban J connectivity index is 2.07.